The normalized spacial score (nSPS) is 13.0. The van der Waals surface area contributed by atoms with Crippen LogP contribution >= 0.6 is 22.9 Å². The molecule has 0 aliphatic carbocycles. The minimum atomic E-state index is -0.392. The summed E-state index contributed by atoms with van der Waals surface area (Å²) in [6, 6.07) is 8.80. The number of nitrogens with zero attached hydrogens (tertiary/aromatic N) is 1. The number of rotatable bonds is 3. The van der Waals surface area contributed by atoms with Crippen molar-refractivity contribution in [3.63, 3.8) is 0 Å². The number of thiazole rings is 1. The third kappa shape index (κ3) is 2.90. The summed E-state index contributed by atoms with van der Waals surface area (Å²) < 4.78 is 17.3. The number of aromatic nitrogens is 1. The largest absolute Gasteiger partial charge is 0.486 e. The summed E-state index contributed by atoms with van der Waals surface area (Å²) in [5.41, 5.74) is 3.86. The number of carbonyl (C=O) groups is 1. The Morgan fingerprint density at radius 1 is 1.25 bits per heavy atom. The number of carbonyl (C=O) groups excluding carboxylic acids is 1. The number of esters is 1. The van der Waals surface area contributed by atoms with Crippen molar-refractivity contribution < 1.29 is 19.0 Å². The Balaban J connectivity index is 1.50. The molecule has 0 amide bonds. The minimum Gasteiger partial charge on any atom is -0.486 e. The molecular weight excluding hydrogens is 350 g/mol. The lowest BCUT2D eigenvalue weighted by Gasteiger charge is -2.20. The molecule has 24 heavy (non-hydrogen) atoms. The van der Waals surface area contributed by atoms with Crippen LogP contribution in [0.3, 0.4) is 0 Å². The van der Waals surface area contributed by atoms with Crippen molar-refractivity contribution in [1.29, 1.82) is 0 Å². The molecule has 4 rings (SSSR count). The molecular formula is C17H12ClNO4S. The van der Waals surface area contributed by atoms with Crippen LogP contribution in [0.5, 0.6) is 11.5 Å². The zero-order valence-corrected chi connectivity index (χ0v) is 14.0. The predicted octanol–water partition coefficient (Wildman–Crippen LogP) is 4.08. The Bertz CT molecular complexity index is 924. The summed E-state index contributed by atoms with van der Waals surface area (Å²) >= 11 is 7.67. The van der Waals surface area contributed by atoms with Gasteiger partial charge in [0.05, 0.1) is 26.3 Å². The molecule has 3 aromatic rings. The molecule has 0 saturated carbocycles. The van der Waals surface area contributed by atoms with E-state index in [-0.39, 0.29) is 6.61 Å². The molecule has 2 aromatic carbocycles. The van der Waals surface area contributed by atoms with Gasteiger partial charge >= 0.3 is 5.97 Å². The van der Waals surface area contributed by atoms with Crippen LogP contribution < -0.4 is 9.47 Å². The highest BCUT2D eigenvalue weighted by atomic mass is 35.5. The molecule has 122 valence electrons. The highest BCUT2D eigenvalue weighted by molar-refractivity contribution is 7.16. The minimum absolute atomic E-state index is 0.107. The molecule has 0 bridgehead atoms. The number of halogens is 1. The zero-order valence-electron chi connectivity index (χ0n) is 12.5. The Labute approximate surface area is 146 Å². The van der Waals surface area contributed by atoms with Crippen molar-refractivity contribution in [3.05, 3.63) is 52.0 Å². The summed E-state index contributed by atoms with van der Waals surface area (Å²) in [6.45, 7) is 1.05. The van der Waals surface area contributed by atoms with Crippen LogP contribution in [0.15, 0.2) is 35.8 Å². The van der Waals surface area contributed by atoms with Gasteiger partial charge < -0.3 is 14.2 Å². The van der Waals surface area contributed by atoms with Crippen LogP contribution in [0.1, 0.15) is 15.9 Å². The van der Waals surface area contributed by atoms with E-state index in [1.165, 1.54) is 11.3 Å². The molecule has 2 heterocycles. The lowest BCUT2D eigenvalue weighted by molar-refractivity contribution is 0.0472. The second-order valence-electron chi connectivity index (χ2n) is 5.21. The van der Waals surface area contributed by atoms with Crippen molar-refractivity contribution in [3.8, 4) is 11.5 Å². The third-order valence-electron chi connectivity index (χ3n) is 3.59. The van der Waals surface area contributed by atoms with Crippen LogP contribution in [-0.2, 0) is 11.3 Å². The highest BCUT2D eigenvalue weighted by Crippen LogP contribution is 2.38. The van der Waals surface area contributed by atoms with Gasteiger partial charge in [-0.3, -0.25) is 0 Å². The number of benzene rings is 2. The van der Waals surface area contributed by atoms with Crippen molar-refractivity contribution in [2.45, 2.75) is 6.61 Å². The Hall–Kier alpha value is -2.31. The van der Waals surface area contributed by atoms with Gasteiger partial charge in [-0.15, -0.1) is 11.3 Å². The van der Waals surface area contributed by atoms with E-state index >= 15 is 0 Å². The molecule has 0 atom stereocenters. The maximum Gasteiger partial charge on any atom is 0.338 e. The molecule has 1 aliphatic heterocycles. The van der Waals surface area contributed by atoms with Crippen molar-refractivity contribution in [2.24, 2.45) is 0 Å². The fourth-order valence-electron chi connectivity index (χ4n) is 2.46. The molecule has 5 nitrogen and oxygen atoms in total. The van der Waals surface area contributed by atoms with E-state index in [4.69, 9.17) is 25.8 Å². The summed E-state index contributed by atoms with van der Waals surface area (Å²) in [6.07, 6.45) is 0. The first-order valence-electron chi connectivity index (χ1n) is 7.29. The fourth-order valence-corrected chi connectivity index (χ4v) is 3.47. The van der Waals surface area contributed by atoms with Crippen molar-refractivity contribution in [2.75, 3.05) is 13.2 Å². The van der Waals surface area contributed by atoms with Crippen LogP contribution in [-0.4, -0.2) is 24.2 Å². The topological polar surface area (TPSA) is 57.7 Å². The van der Waals surface area contributed by atoms with E-state index in [1.807, 2.05) is 6.07 Å². The SMILES string of the molecule is O=C(OCc1cc(Cl)c2c(c1)OCCO2)c1ccc2ncsc2c1. The van der Waals surface area contributed by atoms with Gasteiger partial charge in [0.15, 0.2) is 11.5 Å². The van der Waals surface area contributed by atoms with Gasteiger partial charge in [0.2, 0.25) is 0 Å². The van der Waals surface area contributed by atoms with Crippen molar-refractivity contribution in [1.82, 2.24) is 4.98 Å². The third-order valence-corrected chi connectivity index (χ3v) is 4.67. The number of hydrogen-bond acceptors (Lipinski definition) is 6. The average molecular weight is 362 g/mol. The second-order valence-corrected chi connectivity index (χ2v) is 6.51. The molecule has 0 saturated heterocycles. The number of hydrogen-bond donors (Lipinski definition) is 0. The molecule has 1 aliphatic rings. The molecule has 0 fully saturated rings. The monoisotopic (exact) mass is 361 g/mol. The van der Waals surface area contributed by atoms with Crippen molar-refractivity contribution >= 4 is 39.1 Å². The van der Waals surface area contributed by atoms with E-state index < -0.39 is 5.97 Å². The van der Waals surface area contributed by atoms with Crippen LogP contribution in [0, 0.1) is 0 Å². The summed E-state index contributed by atoms with van der Waals surface area (Å²) in [4.78, 5) is 16.4. The molecule has 7 heteroatoms. The molecule has 0 radical (unpaired) electrons. The van der Waals surface area contributed by atoms with Gasteiger partial charge in [0.25, 0.3) is 0 Å². The number of ether oxygens (including phenoxy) is 3. The van der Waals surface area contributed by atoms with Crippen LogP contribution in [0.4, 0.5) is 0 Å². The van der Waals surface area contributed by atoms with E-state index in [9.17, 15) is 4.79 Å². The molecule has 0 N–H and O–H groups in total. The summed E-state index contributed by atoms with van der Waals surface area (Å²) in [7, 11) is 0. The molecule has 1 aromatic heterocycles. The summed E-state index contributed by atoms with van der Waals surface area (Å²) in [5, 5.41) is 0.448. The standard InChI is InChI=1S/C17H12ClNO4S/c18-12-5-10(6-14-16(12)22-4-3-21-14)8-23-17(20)11-1-2-13-15(7-11)24-9-19-13/h1-2,5-7,9H,3-4,8H2. The van der Waals surface area contributed by atoms with Gasteiger partial charge in [0.1, 0.15) is 19.8 Å². The Kier molecular flexibility index (Phi) is 4.00. The highest BCUT2D eigenvalue weighted by Gasteiger charge is 2.17. The van der Waals surface area contributed by atoms with Gasteiger partial charge in [-0.1, -0.05) is 11.6 Å². The van der Waals surface area contributed by atoms with E-state index in [0.717, 1.165) is 15.8 Å². The van der Waals surface area contributed by atoms with Crippen LogP contribution in [0.2, 0.25) is 5.02 Å². The lowest BCUT2D eigenvalue weighted by Crippen LogP contribution is -2.16. The maximum absolute atomic E-state index is 12.2. The lowest BCUT2D eigenvalue weighted by atomic mass is 10.2. The zero-order chi connectivity index (χ0) is 16.5. The molecule has 0 spiro atoms. The first kappa shape index (κ1) is 15.2. The maximum atomic E-state index is 12.2. The van der Waals surface area contributed by atoms with E-state index in [0.29, 0.717) is 35.3 Å². The van der Waals surface area contributed by atoms with E-state index in [2.05, 4.69) is 4.98 Å². The fraction of sp³-hybridized carbons (Fsp3) is 0.176. The Morgan fingerprint density at radius 2 is 2.12 bits per heavy atom. The second kappa shape index (κ2) is 6.30. The van der Waals surface area contributed by atoms with Gasteiger partial charge in [0, 0.05) is 0 Å². The first-order chi connectivity index (χ1) is 11.7. The predicted molar refractivity (Wildman–Crippen MR) is 91.2 cm³/mol. The van der Waals surface area contributed by atoms with Crippen LogP contribution in [0.25, 0.3) is 10.2 Å². The quantitative estimate of drug-likeness (QED) is 0.658. The van der Waals surface area contributed by atoms with E-state index in [1.54, 1.807) is 29.8 Å². The van der Waals surface area contributed by atoms with Gasteiger partial charge in [-0.2, -0.15) is 0 Å². The number of fused-ring (bicyclic) bond motifs is 2. The van der Waals surface area contributed by atoms with Gasteiger partial charge in [-0.05, 0) is 35.9 Å². The Morgan fingerprint density at radius 3 is 3.04 bits per heavy atom. The molecule has 0 unspecified atom stereocenters. The van der Waals surface area contributed by atoms with Gasteiger partial charge in [-0.25, -0.2) is 9.78 Å². The first-order valence-corrected chi connectivity index (χ1v) is 8.55. The summed E-state index contributed by atoms with van der Waals surface area (Å²) in [5.74, 6) is 0.718. The average Bonchev–Trinajstić information content (AvgIpc) is 3.07. The smallest absolute Gasteiger partial charge is 0.338 e.